The minimum atomic E-state index is -3.79. The van der Waals surface area contributed by atoms with Gasteiger partial charge in [-0.2, -0.15) is 0 Å². The summed E-state index contributed by atoms with van der Waals surface area (Å²) in [6, 6.07) is 32.8. The number of hydrogen-bond donors (Lipinski definition) is 0. The molecule has 4 heterocycles. The van der Waals surface area contributed by atoms with E-state index in [4.69, 9.17) is 23.2 Å². The van der Waals surface area contributed by atoms with E-state index in [2.05, 4.69) is 40.4 Å². The van der Waals surface area contributed by atoms with Gasteiger partial charge in [-0.1, -0.05) is 97.1 Å². The number of sulfonamides is 2. The summed E-state index contributed by atoms with van der Waals surface area (Å²) in [7, 11) is -7.59. The van der Waals surface area contributed by atoms with Crippen molar-refractivity contribution in [1.29, 1.82) is 0 Å². The van der Waals surface area contributed by atoms with Crippen LogP contribution < -0.4 is 18.8 Å². The first-order valence-corrected chi connectivity index (χ1v) is 24.8. The Bertz CT molecular complexity index is 3150. The molecule has 0 unspecified atom stereocenters. The third-order valence-electron chi connectivity index (χ3n) is 10.5. The van der Waals surface area contributed by atoms with Crippen LogP contribution in [0.1, 0.15) is 38.8 Å². The SMILES string of the molecule is CCc1cc2c([O-])ccc(N=Nc3ccc(S(=O)(=O)N(CC)c4ccccc4)cn3)c2nc1Cl.CCc1cc2c([O-])ccc(N=Nc3ccc(S(=O)(=O)N(CC)c4ccccc4)cn3)c2nc1Cl.[Ni]. The van der Waals surface area contributed by atoms with Gasteiger partial charge in [0.2, 0.25) is 0 Å². The predicted molar refractivity (Wildman–Crippen MR) is 261 cm³/mol. The van der Waals surface area contributed by atoms with Crippen molar-refractivity contribution in [3.63, 3.8) is 0 Å². The van der Waals surface area contributed by atoms with Gasteiger partial charge in [0.05, 0.1) is 22.4 Å². The van der Waals surface area contributed by atoms with Crippen LogP contribution >= 0.6 is 23.2 Å². The molecule has 358 valence electrons. The summed E-state index contributed by atoms with van der Waals surface area (Å²) in [6.07, 6.45) is 3.78. The Morgan fingerprint density at radius 1 is 0.522 bits per heavy atom. The molecule has 0 aliphatic rings. The first-order chi connectivity index (χ1) is 32.7. The second kappa shape index (κ2) is 22.7. The maximum absolute atomic E-state index is 13.1. The monoisotopic (exact) mass is 1050 g/mol. The topological polar surface area (TPSA) is 222 Å². The molecule has 0 bridgehead atoms. The van der Waals surface area contributed by atoms with Crippen LogP contribution in [-0.2, 0) is 49.4 Å². The number of rotatable bonds is 14. The zero-order valence-electron chi connectivity index (χ0n) is 37.3. The summed E-state index contributed by atoms with van der Waals surface area (Å²) < 4.78 is 55.0. The molecule has 0 aliphatic heterocycles. The second-order valence-corrected chi connectivity index (χ2v) is 19.1. The Labute approximate surface area is 419 Å². The van der Waals surface area contributed by atoms with Gasteiger partial charge in [-0.15, -0.1) is 20.5 Å². The van der Waals surface area contributed by atoms with Crippen molar-refractivity contribution >= 4 is 99.4 Å². The quantitative estimate of drug-likeness (QED) is 0.0569. The molecule has 0 spiro atoms. The molecular formula is C48H42Cl2N10NiO6S2-2. The molecule has 0 atom stereocenters. The number of halogens is 2. The Morgan fingerprint density at radius 3 is 1.22 bits per heavy atom. The van der Waals surface area contributed by atoms with E-state index in [0.29, 0.717) is 67.7 Å². The molecule has 0 aliphatic carbocycles. The van der Waals surface area contributed by atoms with E-state index in [9.17, 15) is 27.0 Å². The van der Waals surface area contributed by atoms with Crippen molar-refractivity contribution in [3.05, 3.63) is 155 Å². The van der Waals surface area contributed by atoms with E-state index >= 15 is 0 Å². The number of hydrogen-bond acceptors (Lipinski definition) is 14. The fourth-order valence-corrected chi connectivity index (χ4v) is 10.3. The summed E-state index contributed by atoms with van der Waals surface area (Å²) in [5.74, 6) is 0.0495. The second-order valence-electron chi connectivity index (χ2n) is 14.7. The van der Waals surface area contributed by atoms with Gasteiger partial charge < -0.3 is 10.2 Å². The standard InChI is InChI=1S/2C24H22ClN5O3S.Ni/c2*1-3-16-14-19-21(31)12-11-20(23(19)27-24(16)25)28-29-22-13-10-18(15-26-22)34(32,33)30(4-2)17-8-6-5-7-9-17;/h2*5-15,31H,3-4H2,1-2H3;/p-2. The van der Waals surface area contributed by atoms with Gasteiger partial charge in [0.25, 0.3) is 20.0 Å². The normalized spacial score (nSPS) is 11.7. The van der Waals surface area contributed by atoms with Gasteiger partial charge in [0, 0.05) is 42.0 Å². The van der Waals surface area contributed by atoms with Crippen molar-refractivity contribution in [2.45, 2.75) is 50.3 Å². The third kappa shape index (κ3) is 11.5. The van der Waals surface area contributed by atoms with Gasteiger partial charge in [-0.25, -0.2) is 36.8 Å². The van der Waals surface area contributed by atoms with Gasteiger partial charge in [0.15, 0.2) is 11.6 Å². The summed E-state index contributed by atoms with van der Waals surface area (Å²) in [5.41, 5.74) is 4.10. The minimum absolute atomic E-state index is 0. The maximum atomic E-state index is 13.1. The summed E-state index contributed by atoms with van der Waals surface area (Å²) in [5, 5.41) is 42.5. The van der Waals surface area contributed by atoms with Crippen molar-refractivity contribution in [2.24, 2.45) is 20.5 Å². The fourth-order valence-electron chi connectivity index (χ4n) is 6.94. The molecule has 0 radical (unpaired) electrons. The van der Waals surface area contributed by atoms with Gasteiger partial charge >= 0.3 is 0 Å². The van der Waals surface area contributed by atoms with Crippen molar-refractivity contribution < 1.29 is 43.5 Å². The zero-order chi connectivity index (χ0) is 48.6. The third-order valence-corrected chi connectivity index (χ3v) is 14.9. The summed E-state index contributed by atoms with van der Waals surface area (Å²) >= 11 is 12.5. The molecule has 21 heteroatoms. The van der Waals surface area contributed by atoms with Gasteiger partial charge in [0.1, 0.15) is 31.5 Å². The van der Waals surface area contributed by atoms with Crippen LogP contribution in [0.2, 0.25) is 10.3 Å². The molecule has 0 saturated heterocycles. The molecule has 4 aromatic heterocycles. The number of anilines is 2. The Kier molecular flexibility index (Phi) is 17.0. The van der Waals surface area contributed by atoms with E-state index < -0.39 is 20.0 Å². The van der Waals surface area contributed by atoms with Gasteiger partial charge in [-0.3, -0.25) is 8.61 Å². The molecule has 0 saturated carbocycles. The van der Waals surface area contributed by atoms with Crippen LogP contribution in [0.5, 0.6) is 11.5 Å². The van der Waals surface area contributed by atoms with Crippen molar-refractivity contribution in [1.82, 2.24) is 19.9 Å². The number of azo groups is 2. The van der Waals surface area contributed by atoms with E-state index in [1.165, 1.54) is 69.5 Å². The molecule has 0 fully saturated rings. The first-order valence-electron chi connectivity index (χ1n) is 21.2. The van der Waals surface area contributed by atoms with Crippen LogP contribution in [-0.4, -0.2) is 49.9 Å². The van der Waals surface area contributed by atoms with E-state index in [1.807, 2.05) is 26.0 Å². The van der Waals surface area contributed by atoms with E-state index in [0.717, 1.165) is 11.1 Å². The summed E-state index contributed by atoms with van der Waals surface area (Å²) in [6.45, 7) is 7.93. The molecule has 8 rings (SSSR count). The van der Waals surface area contributed by atoms with Gasteiger partial charge in [-0.05, 0) is 121 Å². The average molecular weight is 1050 g/mol. The largest absolute Gasteiger partial charge is 0.872 e. The molecule has 0 amide bonds. The number of nitrogens with zero attached hydrogens (tertiary/aromatic N) is 10. The molecule has 4 aromatic carbocycles. The van der Waals surface area contributed by atoms with Crippen LogP contribution in [0.15, 0.2) is 164 Å². The molecule has 16 nitrogen and oxygen atoms in total. The fraction of sp³-hybridized carbons (Fsp3) is 0.167. The van der Waals surface area contributed by atoms with Crippen LogP contribution in [0.25, 0.3) is 21.8 Å². The number of para-hydroxylation sites is 2. The molecule has 69 heavy (non-hydrogen) atoms. The smallest absolute Gasteiger partial charge is 0.265 e. The maximum Gasteiger partial charge on any atom is 0.265 e. The number of fused-ring (bicyclic) bond motifs is 2. The Balaban J connectivity index is 0.000000224. The van der Waals surface area contributed by atoms with Crippen LogP contribution in [0.4, 0.5) is 34.4 Å². The Hall–Kier alpha value is -6.63. The van der Waals surface area contributed by atoms with Crippen molar-refractivity contribution in [2.75, 3.05) is 21.7 Å². The number of pyridine rings is 4. The average Bonchev–Trinajstić information content (AvgIpc) is 3.35. The number of benzene rings is 4. The minimum Gasteiger partial charge on any atom is -0.872 e. The van der Waals surface area contributed by atoms with E-state index in [-0.39, 0.29) is 62.5 Å². The summed E-state index contributed by atoms with van der Waals surface area (Å²) in [4.78, 5) is 17.0. The number of aryl methyl sites for hydroxylation is 2. The van der Waals surface area contributed by atoms with Crippen molar-refractivity contribution in [3.8, 4) is 11.5 Å². The molecule has 0 N–H and O–H groups in total. The van der Waals surface area contributed by atoms with Crippen LogP contribution in [0.3, 0.4) is 0 Å². The number of aromatic nitrogens is 4. The van der Waals surface area contributed by atoms with E-state index in [1.54, 1.807) is 74.5 Å². The molecule has 8 aromatic rings. The molecular weight excluding hydrogens is 1010 g/mol. The van der Waals surface area contributed by atoms with Crippen LogP contribution in [0, 0.1) is 0 Å². The predicted octanol–water partition coefficient (Wildman–Crippen LogP) is 11.1. The Morgan fingerprint density at radius 2 is 0.899 bits per heavy atom. The zero-order valence-corrected chi connectivity index (χ0v) is 41.5. The first kappa shape index (κ1) is 51.8.